The summed E-state index contributed by atoms with van der Waals surface area (Å²) in [6.45, 7) is 0.0115. The Balaban J connectivity index is 1.93. The van der Waals surface area contributed by atoms with Crippen molar-refractivity contribution in [3.05, 3.63) is 39.1 Å². The fourth-order valence-corrected chi connectivity index (χ4v) is 4.52. The lowest BCUT2D eigenvalue weighted by molar-refractivity contribution is -0.384. The van der Waals surface area contributed by atoms with E-state index in [1.165, 1.54) is 31.7 Å². The van der Waals surface area contributed by atoms with E-state index < -0.39 is 4.92 Å². The van der Waals surface area contributed by atoms with Gasteiger partial charge in [0.25, 0.3) is 5.69 Å². The molecule has 0 radical (unpaired) electrons. The third kappa shape index (κ3) is 4.26. The van der Waals surface area contributed by atoms with E-state index in [1.807, 2.05) is 0 Å². The number of nitro benzene ring substituents is 1. The van der Waals surface area contributed by atoms with Gasteiger partial charge in [0.1, 0.15) is 17.5 Å². The Labute approximate surface area is 181 Å². The standard InChI is InChI=1S/C23H26N4O4/c24-13-17-22(16-11-20-21(31-14-30-20)12-19(16)27(28)29)15-9-7-5-3-1-2-4-6-8-10-18(15)26-23(17)25/h11-12H,1-10,14H2,(H2,25,26). The molecule has 2 heterocycles. The lowest BCUT2D eigenvalue weighted by Crippen LogP contribution is -2.10. The lowest BCUT2D eigenvalue weighted by Gasteiger charge is -2.19. The number of benzene rings is 1. The smallest absolute Gasteiger partial charge is 0.281 e. The number of nitriles is 1. The molecule has 4 rings (SSSR count). The zero-order valence-corrected chi connectivity index (χ0v) is 17.5. The predicted molar refractivity (Wildman–Crippen MR) is 116 cm³/mol. The molecule has 0 atom stereocenters. The van der Waals surface area contributed by atoms with E-state index in [0.717, 1.165) is 43.4 Å². The summed E-state index contributed by atoms with van der Waals surface area (Å²) in [5.74, 6) is 0.886. The summed E-state index contributed by atoms with van der Waals surface area (Å²) < 4.78 is 10.8. The van der Waals surface area contributed by atoms with E-state index in [-0.39, 0.29) is 23.9 Å². The van der Waals surface area contributed by atoms with Gasteiger partial charge in [0.05, 0.1) is 16.6 Å². The van der Waals surface area contributed by atoms with Crippen molar-refractivity contribution in [3.63, 3.8) is 0 Å². The second-order valence-corrected chi connectivity index (χ2v) is 8.09. The normalized spacial score (nSPS) is 16.5. The number of fused-ring (bicyclic) bond motifs is 2. The first-order valence-electron chi connectivity index (χ1n) is 10.9. The van der Waals surface area contributed by atoms with Crippen molar-refractivity contribution < 1.29 is 14.4 Å². The monoisotopic (exact) mass is 422 g/mol. The van der Waals surface area contributed by atoms with E-state index in [2.05, 4.69) is 11.1 Å². The highest BCUT2D eigenvalue weighted by Gasteiger charge is 2.29. The van der Waals surface area contributed by atoms with Crippen LogP contribution in [0.1, 0.15) is 68.2 Å². The Hall–Kier alpha value is -3.34. The molecule has 1 aliphatic carbocycles. The van der Waals surface area contributed by atoms with Gasteiger partial charge in [0.2, 0.25) is 6.79 Å². The van der Waals surface area contributed by atoms with Gasteiger partial charge in [-0.05, 0) is 37.3 Å². The van der Waals surface area contributed by atoms with Crippen LogP contribution in [0.3, 0.4) is 0 Å². The molecule has 8 heteroatoms. The van der Waals surface area contributed by atoms with Gasteiger partial charge in [-0.15, -0.1) is 0 Å². The number of hydrogen-bond donors (Lipinski definition) is 1. The van der Waals surface area contributed by atoms with E-state index in [0.29, 0.717) is 29.0 Å². The van der Waals surface area contributed by atoms with Crippen molar-refractivity contribution in [2.45, 2.75) is 64.2 Å². The molecule has 0 saturated carbocycles. The highest BCUT2D eigenvalue weighted by atomic mass is 16.7. The highest BCUT2D eigenvalue weighted by Crippen LogP contribution is 2.45. The number of hydrogen-bond acceptors (Lipinski definition) is 7. The number of aryl methyl sites for hydroxylation is 1. The Morgan fingerprint density at radius 3 is 2.26 bits per heavy atom. The van der Waals surface area contributed by atoms with Crippen LogP contribution in [0, 0.1) is 21.4 Å². The van der Waals surface area contributed by atoms with Crippen molar-refractivity contribution in [1.82, 2.24) is 4.98 Å². The molecule has 2 N–H and O–H groups in total. The van der Waals surface area contributed by atoms with E-state index in [9.17, 15) is 15.4 Å². The fourth-order valence-electron chi connectivity index (χ4n) is 4.52. The average molecular weight is 422 g/mol. The summed E-state index contributed by atoms with van der Waals surface area (Å²) in [6.07, 6.45) is 10.4. The van der Waals surface area contributed by atoms with Gasteiger partial charge in [-0.1, -0.05) is 38.5 Å². The Morgan fingerprint density at radius 1 is 1.00 bits per heavy atom. The molecule has 0 saturated heterocycles. The molecule has 1 aromatic heterocycles. The molecule has 0 bridgehead atoms. The summed E-state index contributed by atoms with van der Waals surface area (Å²) in [4.78, 5) is 16.1. The minimum Gasteiger partial charge on any atom is -0.454 e. The van der Waals surface area contributed by atoms with Gasteiger partial charge < -0.3 is 15.2 Å². The number of aromatic nitrogens is 1. The number of nitro groups is 1. The van der Waals surface area contributed by atoms with Crippen LogP contribution >= 0.6 is 0 Å². The first-order valence-corrected chi connectivity index (χ1v) is 10.9. The first kappa shape index (κ1) is 20.9. The molecular weight excluding hydrogens is 396 g/mol. The second-order valence-electron chi connectivity index (χ2n) is 8.09. The van der Waals surface area contributed by atoms with Crippen LogP contribution in [0.25, 0.3) is 11.1 Å². The maximum atomic E-state index is 11.9. The van der Waals surface area contributed by atoms with Crippen LogP contribution in [0.15, 0.2) is 12.1 Å². The topological polar surface area (TPSA) is 124 Å². The van der Waals surface area contributed by atoms with Crippen LogP contribution in [0.4, 0.5) is 11.5 Å². The zero-order chi connectivity index (χ0) is 21.8. The number of nitrogen functional groups attached to an aromatic ring is 1. The molecular formula is C23H26N4O4. The summed E-state index contributed by atoms with van der Waals surface area (Å²) >= 11 is 0. The van der Waals surface area contributed by atoms with Gasteiger partial charge in [-0.3, -0.25) is 10.1 Å². The molecule has 0 fully saturated rings. The molecule has 2 aromatic rings. The molecule has 0 spiro atoms. The number of nitrogens with two attached hydrogens (primary N) is 1. The van der Waals surface area contributed by atoms with Gasteiger partial charge >= 0.3 is 0 Å². The zero-order valence-electron chi connectivity index (χ0n) is 17.5. The van der Waals surface area contributed by atoms with Crippen LogP contribution in [-0.4, -0.2) is 16.7 Å². The molecule has 0 amide bonds. The maximum Gasteiger partial charge on any atom is 0.281 e. The molecule has 0 unspecified atom stereocenters. The van der Waals surface area contributed by atoms with Crippen molar-refractivity contribution in [2.75, 3.05) is 12.5 Å². The third-order valence-corrected chi connectivity index (χ3v) is 6.07. The summed E-state index contributed by atoms with van der Waals surface area (Å²) in [5, 5.41) is 21.8. The minimum atomic E-state index is -0.448. The van der Waals surface area contributed by atoms with Crippen molar-refractivity contribution >= 4 is 11.5 Å². The molecule has 1 aliphatic heterocycles. The summed E-state index contributed by atoms with van der Waals surface area (Å²) in [6, 6.07) is 5.13. The Kier molecular flexibility index (Phi) is 6.21. The Morgan fingerprint density at radius 2 is 1.61 bits per heavy atom. The fraction of sp³-hybridized carbons (Fsp3) is 0.478. The van der Waals surface area contributed by atoms with E-state index in [1.54, 1.807) is 6.07 Å². The van der Waals surface area contributed by atoms with Crippen LogP contribution in [0.5, 0.6) is 11.5 Å². The largest absolute Gasteiger partial charge is 0.454 e. The molecule has 8 nitrogen and oxygen atoms in total. The molecule has 1 aromatic carbocycles. The summed E-state index contributed by atoms with van der Waals surface area (Å²) in [5.41, 5.74) is 8.85. The van der Waals surface area contributed by atoms with Gasteiger partial charge in [-0.25, -0.2) is 4.98 Å². The maximum absolute atomic E-state index is 11.9. The number of nitrogens with zero attached hydrogens (tertiary/aromatic N) is 3. The molecule has 2 aliphatic rings. The van der Waals surface area contributed by atoms with Gasteiger partial charge in [0.15, 0.2) is 11.5 Å². The van der Waals surface area contributed by atoms with Crippen molar-refractivity contribution in [3.8, 4) is 28.7 Å². The van der Waals surface area contributed by atoms with Crippen molar-refractivity contribution in [1.29, 1.82) is 5.26 Å². The predicted octanol–water partition coefficient (Wildman–Crippen LogP) is 5.06. The third-order valence-electron chi connectivity index (χ3n) is 6.07. The van der Waals surface area contributed by atoms with Gasteiger partial charge in [-0.2, -0.15) is 5.26 Å². The van der Waals surface area contributed by atoms with Crippen LogP contribution in [-0.2, 0) is 12.8 Å². The quantitative estimate of drug-likeness (QED) is 0.530. The number of ether oxygens (including phenoxy) is 2. The highest BCUT2D eigenvalue weighted by molar-refractivity contribution is 5.86. The molecule has 31 heavy (non-hydrogen) atoms. The Bertz CT molecular complexity index is 1050. The van der Waals surface area contributed by atoms with Gasteiger partial charge in [0, 0.05) is 11.3 Å². The second kappa shape index (κ2) is 9.21. The lowest BCUT2D eigenvalue weighted by atomic mass is 9.88. The first-order chi connectivity index (χ1) is 15.1. The van der Waals surface area contributed by atoms with Crippen LogP contribution < -0.4 is 15.2 Å². The van der Waals surface area contributed by atoms with E-state index >= 15 is 0 Å². The number of anilines is 1. The molecule has 162 valence electrons. The summed E-state index contributed by atoms with van der Waals surface area (Å²) in [7, 11) is 0. The minimum absolute atomic E-state index is 0.0115. The van der Waals surface area contributed by atoms with Crippen molar-refractivity contribution in [2.24, 2.45) is 0 Å². The van der Waals surface area contributed by atoms with Crippen LogP contribution in [0.2, 0.25) is 0 Å². The number of pyridine rings is 1. The average Bonchev–Trinajstić information content (AvgIpc) is 3.21. The van der Waals surface area contributed by atoms with E-state index in [4.69, 9.17) is 15.2 Å². The SMILES string of the molecule is N#Cc1c(N)nc2c(c1-c1cc3c(cc1[N+](=O)[O-])OCO3)CCCCCCCCCC2. The number of rotatable bonds is 2.